The topological polar surface area (TPSA) is 44.7 Å². The van der Waals surface area contributed by atoms with Crippen LogP contribution in [-0.2, 0) is 13.0 Å². The zero-order chi connectivity index (χ0) is 17.2. The molecule has 0 N–H and O–H groups in total. The van der Waals surface area contributed by atoms with Gasteiger partial charge in [0.2, 0.25) is 0 Å². The van der Waals surface area contributed by atoms with Crippen LogP contribution in [0, 0.1) is 0 Å². The van der Waals surface area contributed by atoms with Gasteiger partial charge >= 0.3 is 0 Å². The minimum atomic E-state index is 0.942. The maximum absolute atomic E-state index is 5.51. The quantitative estimate of drug-likeness (QED) is 0.850. The molecule has 0 amide bonds. The Morgan fingerprint density at radius 1 is 0.960 bits per heavy atom. The van der Waals surface area contributed by atoms with Crippen LogP contribution in [-0.4, -0.2) is 61.7 Å². The summed E-state index contributed by atoms with van der Waals surface area (Å²) in [6.45, 7) is 5.88. The van der Waals surface area contributed by atoms with E-state index < -0.39 is 0 Å². The number of fused-ring (bicyclic) bond motifs is 1. The lowest BCUT2D eigenvalue weighted by Gasteiger charge is -2.38. The highest BCUT2D eigenvalue weighted by molar-refractivity contribution is 5.60. The van der Waals surface area contributed by atoms with E-state index in [0.717, 1.165) is 57.3 Å². The van der Waals surface area contributed by atoms with Crippen molar-refractivity contribution in [3.8, 4) is 5.75 Å². The zero-order valence-electron chi connectivity index (χ0n) is 15.0. The Balaban J connectivity index is 1.51. The summed E-state index contributed by atoms with van der Waals surface area (Å²) in [4.78, 5) is 16.3. The molecular formula is C19H25N5O. The summed E-state index contributed by atoms with van der Waals surface area (Å²) in [5.41, 5.74) is 3.70. The first-order valence-electron chi connectivity index (χ1n) is 8.90. The molecule has 3 heterocycles. The molecule has 2 aliphatic rings. The number of likely N-dealkylation sites (N-methyl/N-ethyl adjacent to an activating group) is 1. The molecule has 0 atom stereocenters. The van der Waals surface area contributed by atoms with Gasteiger partial charge in [-0.25, -0.2) is 9.97 Å². The van der Waals surface area contributed by atoms with Gasteiger partial charge in [0.25, 0.3) is 0 Å². The lowest BCUT2D eigenvalue weighted by molar-refractivity contribution is 0.309. The van der Waals surface area contributed by atoms with Crippen LogP contribution in [0.25, 0.3) is 0 Å². The van der Waals surface area contributed by atoms with Crippen molar-refractivity contribution in [2.75, 3.05) is 56.7 Å². The average molecular weight is 339 g/mol. The van der Waals surface area contributed by atoms with Crippen molar-refractivity contribution >= 4 is 11.5 Å². The Hall–Kier alpha value is -2.34. The summed E-state index contributed by atoms with van der Waals surface area (Å²) in [6, 6.07) is 8.25. The number of piperazine rings is 1. The van der Waals surface area contributed by atoms with Gasteiger partial charge in [0.1, 0.15) is 17.9 Å². The highest BCUT2D eigenvalue weighted by atomic mass is 16.5. The van der Waals surface area contributed by atoms with Crippen LogP contribution >= 0.6 is 0 Å². The first-order chi connectivity index (χ1) is 12.3. The summed E-state index contributed by atoms with van der Waals surface area (Å²) in [5, 5.41) is 0. The molecule has 6 nitrogen and oxygen atoms in total. The molecule has 1 aromatic carbocycles. The molecule has 1 saturated heterocycles. The minimum absolute atomic E-state index is 0.942. The second-order valence-electron chi connectivity index (χ2n) is 6.76. The van der Waals surface area contributed by atoms with Gasteiger partial charge in [-0.05, 0) is 19.2 Å². The van der Waals surface area contributed by atoms with Crippen LogP contribution in [0.1, 0.15) is 11.3 Å². The van der Waals surface area contributed by atoms with E-state index in [4.69, 9.17) is 4.74 Å². The number of methoxy groups -OCH3 is 1. The second-order valence-corrected chi connectivity index (χ2v) is 6.76. The number of anilines is 2. The molecule has 0 bridgehead atoms. The SMILES string of the molecule is COc1ccccc1N1CCN(c2ncnc3c2CN(C)CC3)CC1. The molecule has 0 saturated carbocycles. The van der Waals surface area contributed by atoms with Crippen LogP contribution in [0.4, 0.5) is 11.5 Å². The highest BCUT2D eigenvalue weighted by Crippen LogP contribution is 2.30. The Morgan fingerprint density at radius 2 is 1.72 bits per heavy atom. The van der Waals surface area contributed by atoms with Crippen LogP contribution < -0.4 is 14.5 Å². The van der Waals surface area contributed by atoms with Gasteiger partial charge < -0.3 is 19.4 Å². The number of para-hydroxylation sites is 2. The Kier molecular flexibility index (Phi) is 4.44. The molecule has 0 aliphatic carbocycles. The number of nitrogens with zero attached hydrogens (tertiary/aromatic N) is 5. The van der Waals surface area contributed by atoms with E-state index in [1.807, 2.05) is 12.1 Å². The van der Waals surface area contributed by atoms with Gasteiger partial charge in [-0.1, -0.05) is 12.1 Å². The number of rotatable bonds is 3. The molecule has 2 aliphatic heterocycles. The average Bonchev–Trinajstić information content (AvgIpc) is 2.67. The lowest BCUT2D eigenvalue weighted by atomic mass is 10.1. The molecule has 25 heavy (non-hydrogen) atoms. The third kappa shape index (κ3) is 3.14. The first-order valence-corrected chi connectivity index (χ1v) is 8.90. The molecule has 1 aromatic heterocycles. The Morgan fingerprint density at radius 3 is 2.52 bits per heavy atom. The fourth-order valence-corrected chi connectivity index (χ4v) is 3.78. The van der Waals surface area contributed by atoms with Crippen LogP contribution in [0.5, 0.6) is 5.75 Å². The highest BCUT2D eigenvalue weighted by Gasteiger charge is 2.25. The first kappa shape index (κ1) is 16.1. The van der Waals surface area contributed by atoms with Crippen LogP contribution in [0.2, 0.25) is 0 Å². The minimum Gasteiger partial charge on any atom is -0.495 e. The van der Waals surface area contributed by atoms with Gasteiger partial charge in [0.15, 0.2) is 0 Å². The fraction of sp³-hybridized carbons (Fsp3) is 0.474. The van der Waals surface area contributed by atoms with E-state index in [9.17, 15) is 0 Å². The maximum Gasteiger partial charge on any atom is 0.142 e. The fourth-order valence-electron chi connectivity index (χ4n) is 3.78. The molecule has 2 aromatic rings. The van der Waals surface area contributed by atoms with Gasteiger partial charge in [-0.2, -0.15) is 0 Å². The van der Waals surface area contributed by atoms with Gasteiger partial charge in [0, 0.05) is 51.3 Å². The summed E-state index contributed by atoms with van der Waals surface area (Å²) in [7, 11) is 3.90. The van der Waals surface area contributed by atoms with Crippen molar-refractivity contribution in [1.82, 2.24) is 14.9 Å². The predicted molar refractivity (Wildman–Crippen MR) is 99.5 cm³/mol. The van der Waals surface area contributed by atoms with Gasteiger partial charge in [-0.3, -0.25) is 0 Å². The number of ether oxygens (including phenoxy) is 1. The predicted octanol–water partition coefficient (Wildman–Crippen LogP) is 1.80. The molecular weight excluding hydrogens is 314 g/mol. The Labute approximate surface area is 149 Å². The largest absolute Gasteiger partial charge is 0.495 e. The van der Waals surface area contributed by atoms with Crippen LogP contribution in [0.3, 0.4) is 0 Å². The van der Waals surface area contributed by atoms with E-state index in [1.165, 1.54) is 16.9 Å². The summed E-state index contributed by atoms with van der Waals surface area (Å²) < 4.78 is 5.51. The third-order valence-electron chi connectivity index (χ3n) is 5.18. The van der Waals surface area contributed by atoms with E-state index in [2.05, 4.69) is 43.8 Å². The van der Waals surface area contributed by atoms with Crippen molar-refractivity contribution in [3.05, 3.63) is 41.9 Å². The van der Waals surface area contributed by atoms with Crippen molar-refractivity contribution in [3.63, 3.8) is 0 Å². The molecule has 6 heteroatoms. The van der Waals surface area contributed by atoms with Crippen molar-refractivity contribution in [2.24, 2.45) is 0 Å². The zero-order valence-corrected chi connectivity index (χ0v) is 15.0. The molecule has 0 unspecified atom stereocenters. The number of aromatic nitrogens is 2. The van der Waals surface area contributed by atoms with Crippen LogP contribution in [0.15, 0.2) is 30.6 Å². The summed E-state index contributed by atoms with van der Waals surface area (Å²) in [6.07, 6.45) is 2.74. The number of hydrogen-bond acceptors (Lipinski definition) is 6. The van der Waals surface area contributed by atoms with Crippen molar-refractivity contribution in [2.45, 2.75) is 13.0 Å². The third-order valence-corrected chi connectivity index (χ3v) is 5.18. The van der Waals surface area contributed by atoms with Crippen molar-refractivity contribution < 1.29 is 4.74 Å². The Bertz CT molecular complexity index is 742. The van der Waals surface area contributed by atoms with E-state index >= 15 is 0 Å². The van der Waals surface area contributed by atoms with E-state index in [-0.39, 0.29) is 0 Å². The summed E-state index contributed by atoms with van der Waals surface area (Å²) >= 11 is 0. The lowest BCUT2D eigenvalue weighted by Crippen LogP contribution is -2.47. The van der Waals surface area contributed by atoms with E-state index in [0.29, 0.717) is 0 Å². The second kappa shape index (κ2) is 6.88. The smallest absolute Gasteiger partial charge is 0.142 e. The van der Waals surface area contributed by atoms with Gasteiger partial charge in [0.05, 0.1) is 18.5 Å². The molecule has 4 rings (SSSR count). The number of benzene rings is 1. The molecule has 132 valence electrons. The standard InChI is InChI=1S/C19H25N5O/c1-22-8-7-16-15(13-22)19(21-14-20-16)24-11-9-23(10-12-24)17-5-3-4-6-18(17)25-2/h3-6,14H,7-13H2,1-2H3. The number of hydrogen-bond donors (Lipinski definition) is 0. The van der Waals surface area contributed by atoms with Crippen molar-refractivity contribution in [1.29, 1.82) is 0 Å². The molecule has 0 spiro atoms. The maximum atomic E-state index is 5.51. The molecule has 1 fully saturated rings. The van der Waals surface area contributed by atoms with E-state index in [1.54, 1.807) is 13.4 Å². The summed E-state index contributed by atoms with van der Waals surface area (Å²) in [5.74, 6) is 2.06. The monoisotopic (exact) mass is 339 g/mol. The van der Waals surface area contributed by atoms with Gasteiger partial charge in [-0.15, -0.1) is 0 Å². The normalized spacial score (nSPS) is 18.2. The molecule has 0 radical (unpaired) electrons.